The van der Waals surface area contributed by atoms with Gasteiger partial charge in [-0.2, -0.15) is 0 Å². The third kappa shape index (κ3) is 2.67. The van der Waals surface area contributed by atoms with Crippen LogP contribution in [0.5, 0.6) is 0 Å². The minimum absolute atomic E-state index is 0.423. The van der Waals surface area contributed by atoms with Gasteiger partial charge in [0, 0.05) is 4.88 Å². The molecule has 0 spiro atoms. The Morgan fingerprint density at radius 1 is 1.61 bits per heavy atom. The van der Waals surface area contributed by atoms with Gasteiger partial charge in [-0.15, -0.1) is 23.1 Å². The summed E-state index contributed by atoms with van der Waals surface area (Å²) in [7, 11) is 0. The summed E-state index contributed by atoms with van der Waals surface area (Å²) in [6, 6.07) is 0.420. The topological polar surface area (TPSA) is 66.4 Å². The quantitative estimate of drug-likeness (QED) is 0.884. The Hall–Kier alpha value is -1.08. The molecule has 98 valence electrons. The lowest BCUT2D eigenvalue weighted by molar-refractivity contribution is -0.142. The van der Waals surface area contributed by atoms with Crippen LogP contribution in [0.15, 0.2) is 11.4 Å². The van der Waals surface area contributed by atoms with E-state index in [9.17, 15) is 14.0 Å². The molecule has 1 aliphatic rings. The first-order chi connectivity index (χ1) is 8.63. The van der Waals surface area contributed by atoms with E-state index in [1.807, 2.05) is 11.4 Å². The van der Waals surface area contributed by atoms with Gasteiger partial charge in [0.15, 0.2) is 6.04 Å². The third-order valence-corrected chi connectivity index (χ3v) is 4.92. The number of carboxylic acid groups (broad SMARTS) is 1. The molecule has 0 bridgehead atoms. The molecule has 0 aromatic carbocycles. The molecule has 1 aromatic rings. The summed E-state index contributed by atoms with van der Waals surface area (Å²) in [5.41, 5.74) is 0.928. The lowest BCUT2D eigenvalue weighted by Gasteiger charge is -2.22. The number of hydrogen-bond donors (Lipinski definition) is 2. The van der Waals surface area contributed by atoms with E-state index in [-0.39, 0.29) is 0 Å². The molecule has 0 saturated heterocycles. The predicted octanol–water partition coefficient (Wildman–Crippen LogP) is 1.62. The van der Waals surface area contributed by atoms with Crippen LogP contribution in [0.3, 0.4) is 0 Å². The average molecular weight is 289 g/mol. The van der Waals surface area contributed by atoms with Gasteiger partial charge in [-0.1, -0.05) is 0 Å². The van der Waals surface area contributed by atoms with Crippen molar-refractivity contribution in [1.29, 1.82) is 0 Å². The summed E-state index contributed by atoms with van der Waals surface area (Å²) in [5, 5.41) is 12.4. The van der Waals surface area contributed by atoms with Crippen LogP contribution in [0.4, 0.5) is 4.39 Å². The van der Waals surface area contributed by atoms with E-state index in [4.69, 9.17) is 5.11 Å². The lowest BCUT2D eigenvalue weighted by atomic mass is 10.1. The first kappa shape index (κ1) is 13.4. The number of hydrogen-bond acceptors (Lipinski definition) is 4. The highest BCUT2D eigenvalue weighted by atomic mass is 32.2. The summed E-state index contributed by atoms with van der Waals surface area (Å²) in [6.45, 7) is -1.10. The molecule has 1 aliphatic heterocycles. The SMILES string of the molecule is O=C(O)C(CF)NC(=O)C1SCCc2sccc21. The van der Waals surface area contributed by atoms with Crippen LogP contribution >= 0.6 is 23.1 Å². The van der Waals surface area contributed by atoms with Crippen LogP contribution in [0.1, 0.15) is 15.7 Å². The van der Waals surface area contributed by atoms with Crippen molar-refractivity contribution in [3.05, 3.63) is 21.9 Å². The van der Waals surface area contributed by atoms with Gasteiger partial charge in [-0.05, 0) is 29.2 Å². The van der Waals surface area contributed by atoms with Crippen molar-refractivity contribution in [2.24, 2.45) is 0 Å². The van der Waals surface area contributed by atoms with Crippen LogP contribution < -0.4 is 5.32 Å². The maximum Gasteiger partial charge on any atom is 0.328 e. The van der Waals surface area contributed by atoms with Gasteiger partial charge >= 0.3 is 5.97 Å². The Kier molecular flexibility index (Phi) is 4.23. The van der Waals surface area contributed by atoms with E-state index in [1.54, 1.807) is 11.3 Å². The zero-order valence-corrected chi connectivity index (χ0v) is 11.0. The standard InChI is InChI=1S/C11H12FNO3S2/c12-5-7(11(15)16)13-10(14)9-6-1-3-17-8(6)2-4-18-9/h1,3,7,9H,2,4-5H2,(H,13,14)(H,15,16). The van der Waals surface area contributed by atoms with Gasteiger partial charge in [0.2, 0.25) is 5.91 Å². The van der Waals surface area contributed by atoms with Crippen molar-refractivity contribution in [3.63, 3.8) is 0 Å². The van der Waals surface area contributed by atoms with Gasteiger partial charge < -0.3 is 10.4 Å². The van der Waals surface area contributed by atoms with Gasteiger partial charge in [0.25, 0.3) is 0 Å². The number of nitrogens with one attached hydrogen (secondary N) is 1. The molecule has 1 aromatic heterocycles. The molecule has 1 amide bonds. The lowest BCUT2D eigenvalue weighted by Crippen LogP contribution is -2.44. The molecule has 0 saturated carbocycles. The van der Waals surface area contributed by atoms with Gasteiger partial charge in [-0.25, -0.2) is 9.18 Å². The summed E-state index contributed by atoms with van der Waals surface area (Å²) in [4.78, 5) is 23.8. The number of carbonyl (C=O) groups is 2. The van der Waals surface area contributed by atoms with Gasteiger partial charge in [-0.3, -0.25) is 4.79 Å². The molecule has 2 heterocycles. The van der Waals surface area contributed by atoms with E-state index in [2.05, 4.69) is 5.32 Å². The number of thioether (sulfide) groups is 1. The van der Waals surface area contributed by atoms with Crippen molar-refractivity contribution in [2.75, 3.05) is 12.4 Å². The number of amides is 1. The number of halogens is 1. The Morgan fingerprint density at radius 3 is 3.06 bits per heavy atom. The van der Waals surface area contributed by atoms with E-state index < -0.39 is 29.8 Å². The molecule has 0 aliphatic carbocycles. The van der Waals surface area contributed by atoms with Crippen LogP contribution in [0.2, 0.25) is 0 Å². The van der Waals surface area contributed by atoms with E-state index in [0.29, 0.717) is 0 Å². The second kappa shape index (κ2) is 5.71. The zero-order valence-electron chi connectivity index (χ0n) is 9.39. The largest absolute Gasteiger partial charge is 0.480 e. The minimum atomic E-state index is -1.46. The summed E-state index contributed by atoms with van der Waals surface area (Å²) in [6.07, 6.45) is 0.924. The molecule has 4 nitrogen and oxygen atoms in total. The van der Waals surface area contributed by atoms with Gasteiger partial charge in [0.1, 0.15) is 11.9 Å². The monoisotopic (exact) mass is 289 g/mol. The highest BCUT2D eigenvalue weighted by Crippen LogP contribution is 2.39. The molecular formula is C11H12FNO3S2. The van der Waals surface area contributed by atoms with Crippen molar-refractivity contribution in [3.8, 4) is 0 Å². The smallest absolute Gasteiger partial charge is 0.328 e. The van der Waals surface area contributed by atoms with E-state index in [1.165, 1.54) is 11.8 Å². The van der Waals surface area contributed by atoms with E-state index >= 15 is 0 Å². The fraction of sp³-hybridized carbons (Fsp3) is 0.455. The first-order valence-electron chi connectivity index (χ1n) is 5.40. The number of carboxylic acids is 1. The number of thiophene rings is 1. The summed E-state index contributed by atoms with van der Waals surface area (Å²) < 4.78 is 12.5. The molecule has 18 heavy (non-hydrogen) atoms. The fourth-order valence-electron chi connectivity index (χ4n) is 1.78. The maximum absolute atomic E-state index is 12.5. The molecular weight excluding hydrogens is 277 g/mol. The molecule has 0 fully saturated rings. The van der Waals surface area contributed by atoms with Crippen LogP contribution in [-0.2, 0) is 16.0 Å². The highest BCUT2D eigenvalue weighted by Gasteiger charge is 2.30. The van der Waals surface area contributed by atoms with Crippen molar-refractivity contribution >= 4 is 35.0 Å². The fourth-order valence-corrected chi connectivity index (χ4v) is 4.08. The van der Waals surface area contributed by atoms with Crippen molar-refractivity contribution < 1.29 is 19.1 Å². The number of fused-ring (bicyclic) bond motifs is 1. The summed E-state index contributed by atoms with van der Waals surface area (Å²) in [5.74, 6) is -0.958. The number of rotatable bonds is 4. The number of aryl methyl sites for hydroxylation is 1. The second-order valence-corrected chi connectivity index (χ2v) is 6.07. The number of carbonyl (C=O) groups excluding carboxylic acids is 1. The maximum atomic E-state index is 12.5. The Bertz CT molecular complexity index is 463. The van der Waals surface area contributed by atoms with Crippen LogP contribution in [-0.4, -0.2) is 35.5 Å². The summed E-state index contributed by atoms with van der Waals surface area (Å²) >= 11 is 3.06. The Labute approximate surface area is 112 Å². The normalized spacial score (nSPS) is 19.9. The predicted molar refractivity (Wildman–Crippen MR) is 68.8 cm³/mol. The van der Waals surface area contributed by atoms with Crippen molar-refractivity contribution in [1.82, 2.24) is 5.32 Å². The molecule has 2 unspecified atom stereocenters. The Balaban J connectivity index is 2.09. The average Bonchev–Trinajstić information content (AvgIpc) is 2.82. The molecule has 2 rings (SSSR count). The van der Waals surface area contributed by atoms with Crippen LogP contribution in [0, 0.1) is 0 Å². The third-order valence-electron chi connectivity index (χ3n) is 2.68. The molecule has 2 atom stereocenters. The van der Waals surface area contributed by atoms with Crippen LogP contribution in [0.25, 0.3) is 0 Å². The van der Waals surface area contributed by atoms with Crippen molar-refractivity contribution in [2.45, 2.75) is 17.7 Å². The Morgan fingerprint density at radius 2 is 2.39 bits per heavy atom. The first-order valence-corrected chi connectivity index (χ1v) is 7.33. The molecule has 0 radical (unpaired) electrons. The molecule has 7 heteroatoms. The minimum Gasteiger partial charge on any atom is -0.480 e. The number of alkyl halides is 1. The highest BCUT2D eigenvalue weighted by molar-refractivity contribution is 8.00. The van der Waals surface area contributed by atoms with E-state index in [0.717, 1.165) is 22.6 Å². The molecule has 2 N–H and O–H groups in total. The number of aliphatic carboxylic acids is 1. The zero-order chi connectivity index (χ0) is 13.1. The van der Waals surface area contributed by atoms with Gasteiger partial charge in [0.05, 0.1) is 0 Å². The second-order valence-electron chi connectivity index (χ2n) is 3.85.